The largest absolute Gasteiger partial charge is 0.452 e. The van der Waals surface area contributed by atoms with E-state index in [4.69, 9.17) is 10.5 Å². The molecule has 0 aliphatic carbocycles. The van der Waals surface area contributed by atoms with Crippen LogP contribution in [0, 0.1) is 5.41 Å². The zero-order valence-corrected chi connectivity index (χ0v) is 17.8. The molecule has 0 saturated carbocycles. The maximum Gasteiger partial charge on any atom is 0.316 e. The van der Waals surface area contributed by atoms with E-state index in [-0.39, 0.29) is 17.3 Å². The van der Waals surface area contributed by atoms with Crippen LogP contribution < -0.4 is 5.73 Å². The number of carbonyl (C=O) groups excluding carboxylic acids is 2. The molecule has 2 aromatic rings. The van der Waals surface area contributed by atoms with Gasteiger partial charge in [0.2, 0.25) is 5.91 Å². The third kappa shape index (κ3) is 3.79. The molecule has 2 aliphatic heterocycles. The van der Waals surface area contributed by atoms with Crippen LogP contribution in [0.2, 0.25) is 0 Å². The number of amides is 1. The molecule has 0 aromatic heterocycles. The fourth-order valence-corrected chi connectivity index (χ4v) is 6.37. The van der Waals surface area contributed by atoms with Gasteiger partial charge >= 0.3 is 5.97 Å². The Morgan fingerprint density at radius 1 is 1.21 bits per heavy atom. The number of esters is 1. The molecular formula is C22H24N2O3S2. The van der Waals surface area contributed by atoms with Crippen molar-refractivity contribution in [3.05, 3.63) is 71.8 Å². The number of hydrogen-bond acceptors (Lipinski definition) is 6. The van der Waals surface area contributed by atoms with Gasteiger partial charge in [-0.15, -0.1) is 11.8 Å². The van der Waals surface area contributed by atoms with Crippen molar-refractivity contribution in [3.8, 4) is 0 Å². The molecular weight excluding hydrogens is 404 g/mol. The van der Waals surface area contributed by atoms with E-state index < -0.39 is 17.6 Å². The van der Waals surface area contributed by atoms with Crippen molar-refractivity contribution in [1.82, 2.24) is 4.90 Å². The Kier molecular flexibility index (Phi) is 5.90. The van der Waals surface area contributed by atoms with Gasteiger partial charge in [-0.05, 0) is 17.4 Å². The van der Waals surface area contributed by atoms with Gasteiger partial charge in [-0.3, -0.25) is 9.59 Å². The molecule has 7 heteroatoms. The first kappa shape index (κ1) is 20.3. The van der Waals surface area contributed by atoms with E-state index in [2.05, 4.69) is 0 Å². The van der Waals surface area contributed by atoms with Crippen LogP contribution in [0.25, 0.3) is 0 Å². The van der Waals surface area contributed by atoms with Crippen molar-refractivity contribution < 1.29 is 14.3 Å². The molecule has 2 aliphatic rings. The minimum absolute atomic E-state index is 0.0238. The van der Waals surface area contributed by atoms with Crippen LogP contribution in [0.1, 0.15) is 17.2 Å². The van der Waals surface area contributed by atoms with E-state index in [1.54, 1.807) is 28.4 Å². The van der Waals surface area contributed by atoms with Crippen molar-refractivity contribution in [3.63, 3.8) is 0 Å². The monoisotopic (exact) mass is 428 g/mol. The maximum absolute atomic E-state index is 13.5. The first-order chi connectivity index (χ1) is 14.1. The number of fused-ring (bicyclic) bond motifs is 1. The third-order valence-electron chi connectivity index (χ3n) is 5.47. The highest BCUT2D eigenvalue weighted by Crippen LogP contribution is 2.44. The van der Waals surface area contributed by atoms with Crippen molar-refractivity contribution in [1.29, 1.82) is 0 Å². The second-order valence-corrected chi connectivity index (χ2v) is 9.48. The molecule has 2 N–H and O–H groups in total. The third-order valence-corrected chi connectivity index (χ3v) is 7.92. The van der Waals surface area contributed by atoms with E-state index in [0.29, 0.717) is 18.1 Å². The summed E-state index contributed by atoms with van der Waals surface area (Å²) >= 11 is 3.18. The number of nitrogens with zero attached hydrogens (tertiary/aromatic N) is 1. The summed E-state index contributed by atoms with van der Waals surface area (Å²) in [5, 5.41) is -0.0238. The van der Waals surface area contributed by atoms with Crippen LogP contribution in [-0.2, 0) is 14.3 Å². The average Bonchev–Trinajstić information content (AvgIpc) is 2.78. The van der Waals surface area contributed by atoms with Crippen LogP contribution >= 0.6 is 23.5 Å². The van der Waals surface area contributed by atoms with Gasteiger partial charge in [0.1, 0.15) is 16.8 Å². The lowest BCUT2D eigenvalue weighted by Gasteiger charge is -2.53. The average molecular weight is 429 g/mol. The Labute approximate surface area is 179 Å². The number of ether oxygens (including phenoxy) is 1. The normalized spacial score (nSPS) is 26.0. The molecule has 152 valence electrons. The molecule has 2 fully saturated rings. The highest BCUT2D eigenvalue weighted by molar-refractivity contribution is 8.00. The Bertz CT molecular complexity index is 841. The molecule has 29 heavy (non-hydrogen) atoms. The molecule has 3 atom stereocenters. The smallest absolute Gasteiger partial charge is 0.316 e. The fraction of sp³-hybridized carbons (Fsp3) is 0.364. The van der Waals surface area contributed by atoms with E-state index in [9.17, 15) is 9.59 Å². The Morgan fingerprint density at radius 3 is 2.34 bits per heavy atom. The van der Waals surface area contributed by atoms with Gasteiger partial charge in [-0.1, -0.05) is 60.7 Å². The highest BCUT2D eigenvalue weighted by Gasteiger charge is 2.56. The van der Waals surface area contributed by atoms with E-state index in [1.807, 2.05) is 66.9 Å². The molecule has 4 rings (SSSR count). The molecule has 2 unspecified atom stereocenters. The lowest BCUT2D eigenvalue weighted by atomic mass is 9.89. The zero-order valence-electron chi connectivity index (χ0n) is 16.2. The number of thioether (sulfide) groups is 2. The second-order valence-electron chi connectivity index (χ2n) is 7.51. The van der Waals surface area contributed by atoms with Gasteiger partial charge < -0.3 is 15.4 Å². The fourth-order valence-electron chi connectivity index (χ4n) is 3.89. The minimum Gasteiger partial charge on any atom is -0.452 e. The molecule has 0 bridgehead atoms. The minimum atomic E-state index is -0.738. The topological polar surface area (TPSA) is 72.6 Å². The van der Waals surface area contributed by atoms with Crippen molar-refractivity contribution >= 4 is 35.4 Å². The summed E-state index contributed by atoms with van der Waals surface area (Å²) in [6.45, 7) is 0.368. The quantitative estimate of drug-likeness (QED) is 0.563. The molecule has 2 saturated heterocycles. The SMILES string of the molecule is CSCC1(C(=O)OC(c2ccccc2)c2ccccc2)CS[C@@H]2C(N)C(=O)N2C1. The Balaban J connectivity index is 1.61. The summed E-state index contributed by atoms with van der Waals surface area (Å²) in [4.78, 5) is 27.5. The summed E-state index contributed by atoms with van der Waals surface area (Å²) in [5.41, 5.74) is 7.03. The van der Waals surface area contributed by atoms with Crippen LogP contribution in [0.15, 0.2) is 60.7 Å². The van der Waals surface area contributed by atoms with Crippen LogP contribution in [0.4, 0.5) is 0 Å². The maximum atomic E-state index is 13.5. The van der Waals surface area contributed by atoms with Crippen LogP contribution in [-0.4, -0.2) is 52.5 Å². The zero-order chi connectivity index (χ0) is 20.4. The first-order valence-corrected chi connectivity index (χ1v) is 12.0. The predicted octanol–water partition coefficient (Wildman–Crippen LogP) is 2.91. The summed E-state index contributed by atoms with van der Waals surface area (Å²) in [6, 6.07) is 19.1. The van der Waals surface area contributed by atoms with Gasteiger partial charge in [0.15, 0.2) is 6.10 Å². The summed E-state index contributed by atoms with van der Waals surface area (Å²) in [6.07, 6.45) is 1.49. The Hall–Kier alpha value is -1.96. The van der Waals surface area contributed by atoms with Crippen LogP contribution in [0.5, 0.6) is 0 Å². The van der Waals surface area contributed by atoms with Gasteiger partial charge in [-0.2, -0.15) is 11.8 Å². The van der Waals surface area contributed by atoms with Crippen molar-refractivity contribution in [2.75, 3.05) is 24.3 Å². The molecule has 1 amide bonds. The van der Waals surface area contributed by atoms with Crippen molar-refractivity contribution in [2.45, 2.75) is 17.5 Å². The second kappa shape index (κ2) is 8.42. The van der Waals surface area contributed by atoms with Crippen LogP contribution in [0.3, 0.4) is 0 Å². The number of rotatable bonds is 6. The molecule has 0 spiro atoms. The van der Waals surface area contributed by atoms with E-state index in [1.165, 1.54) is 0 Å². The molecule has 5 nitrogen and oxygen atoms in total. The lowest BCUT2D eigenvalue weighted by molar-refractivity contribution is -0.163. The van der Waals surface area contributed by atoms with Gasteiger partial charge in [0, 0.05) is 18.1 Å². The molecule has 0 radical (unpaired) electrons. The van der Waals surface area contributed by atoms with Gasteiger partial charge in [0.05, 0.1) is 0 Å². The van der Waals surface area contributed by atoms with Crippen molar-refractivity contribution in [2.24, 2.45) is 11.1 Å². The number of β-lactam (4-membered cyclic amide) rings is 1. The van der Waals surface area contributed by atoms with Gasteiger partial charge in [0.25, 0.3) is 0 Å². The van der Waals surface area contributed by atoms with E-state index in [0.717, 1.165) is 11.1 Å². The number of nitrogens with two attached hydrogens (primary N) is 1. The molecule has 2 heterocycles. The number of hydrogen-bond donors (Lipinski definition) is 1. The van der Waals surface area contributed by atoms with E-state index >= 15 is 0 Å². The standard InChI is InChI=1S/C22H24N2O3S2/c1-28-13-22(12-24-19(25)17(23)20(24)29-14-22)21(26)27-18(15-8-4-2-5-9-15)16-10-6-3-7-11-16/h2-11,17-18,20H,12-14,23H2,1H3/t17?,20-,22?/m1/s1. The first-order valence-electron chi connectivity index (χ1n) is 9.53. The molecule has 2 aromatic carbocycles. The highest BCUT2D eigenvalue weighted by atomic mass is 32.2. The summed E-state index contributed by atoms with van der Waals surface area (Å²) in [7, 11) is 0. The summed E-state index contributed by atoms with van der Waals surface area (Å²) in [5.74, 6) is 0.860. The predicted molar refractivity (Wildman–Crippen MR) is 118 cm³/mol. The van der Waals surface area contributed by atoms with Gasteiger partial charge in [-0.25, -0.2) is 0 Å². The lowest BCUT2D eigenvalue weighted by Crippen LogP contribution is -2.72. The Morgan fingerprint density at radius 2 is 1.79 bits per heavy atom. The summed E-state index contributed by atoms with van der Waals surface area (Å²) < 4.78 is 6.15. The number of carbonyl (C=O) groups is 2. The number of benzene rings is 2.